The number of hydrogen-bond acceptors (Lipinski definition) is 3. The molecule has 3 rings (SSSR count). The van der Waals surface area contributed by atoms with Crippen LogP contribution in [0.25, 0.3) is 0 Å². The molecule has 28 heavy (non-hydrogen) atoms. The zero-order valence-electron chi connectivity index (χ0n) is 16.4. The Kier molecular flexibility index (Phi) is 6.99. The van der Waals surface area contributed by atoms with Crippen molar-refractivity contribution in [2.24, 2.45) is 0 Å². The molecule has 0 spiro atoms. The largest absolute Gasteiger partial charge is 0.481 e. The second-order valence-electron chi connectivity index (χ2n) is 7.64. The van der Waals surface area contributed by atoms with Gasteiger partial charge in [-0.2, -0.15) is 0 Å². The Hall–Kier alpha value is -2.46. The summed E-state index contributed by atoms with van der Waals surface area (Å²) in [7, 11) is 0. The topological polar surface area (TPSA) is 66.4 Å². The maximum absolute atomic E-state index is 13.2. The molecule has 3 unspecified atom stereocenters. The highest BCUT2D eigenvalue weighted by Crippen LogP contribution is 2.31. The predicted molar refractivity (Wildman–Crippen MR) is 111 cm³/mol. The van der Waals surface area contributed by atoms with Crippen LogP contribution in [0.2, 0.25) is 0 Å². The Morgan fingerprint density at radius 3 is 2.57 bits per heavy atom. The number of carbonyl (C=O) groups is 2. The van der Waals surface area contributed by atoms with Crippen LogP contribution in [0.5, 0.6) is 0 Å². The Labute approximate surface area is 167 Å². The fourth-order valence-electron chi connectivity index (χ4n) is 4.17. The van der Waals surface area contributed by atoms with Gasteiger partial charge in [0.2, 0.25) is 0 Å². The number of Topliss-reactive ketones (excluding diaryl/α,β-unsaturated/α-hetero) is 1. The van der Waals surface area contributed by atoms with Crippen molar-refractivity contribution in [3.8, 4) is 0 Å². The number of nitrogens with one attached hydrogen (secondary N) is 1. The molecule has 0 fully saturated rings. The third-order valence-corrected chi connectivity index (χ3v) is 5.75. The number of fused-ring (bicyclic) bond motifs is 1. The molecule has 2 aromatic carbocycles. The lowest BCUT2D eigenvalue weighted by molar-refractivity contribution is -0.139. The van der Waals surface area contributed by atoms with Gasteiger partial charge in [-0.05, 0) is 48.8 Å². The molecule has 2 aromatic rings. The summed E-state index contributed by atoms with van der Waals surface area (Å²) in [5.41, 5.74) is 3.28. The lowest BCUT2D eigenvalue weighted by Gasteiger charge is -2.25. The molecule has 0 radical (unpaired) electrons. The quantitative estimate of drug-likeness (QED) is 0.677. The monoisotopic (exact) mass is 379 g/mol. The zero-order valence-corrected chi connectivity index (χ0v) is 16.4. The van der Waals surface area contributed by atoms with E-state index in [1.54, 1.807) is 0 Å². The number of aryl methyl sites for hydroxylation is 2. The van der Waals surface area contributed by atoms with Crippen molar-refractivity contribution in [1.82, 2.24) is 5.32 Å². The van der Waals surface area contributed by atoms with E-state index in [2.05, 4.69) is 24.4 Å². The summed E-state index contributed by atoms with van der Waals surface area (Å²) < 4.78 is 0. The van der Waals surface area contributed by atoms with E-state index in [9.17, 15) is 14.7 Å². The maximum Gasteiger partial charge on any atom is 0.304 e. The Morgan fingerprint density at radius 1 is 1.14 bits per heavy atom. The molecule has 4 nitrogen and oxygen atoms in total. The van der Waals surface area contributed by atoms with Gasteiger partial charge in [-0.25, -0.2) is 0 Å². The van der Waals surface area contributed by atoms with Gasteiger partial charge in [-0.15, -0.1) is 0 Å². The Bertz CT molecular complexity index is 803. The van der Waals surface area contributed by atoms with Gasteiger partial charge in [0.25, 0.3) is 0 Å². The minimum absolute atomic E-state index is 0.0190. The molecule has 0 bridgehead atoms. The maximum atomic E-state index is 13.2. The molecule has 0 saturated heterocycles. The van der Waals surface area contributed by atoms with Crippen LogP contribution in [0.3, 0.4) is 0 Å². The normalized spacial score (nSPS) is 20.2. The average molecular weight is 380 g/mol. The van der Waals surface area contributed by atoms with Gasteiger partial charge in [0.1, 0.15) is 0 Å². The minimum atomic E-state index is -0.926. The van der Waals surface area contributed by atoms with Crippen LogP contribution in [-0.4, -0.2) is 28.9 Å². The minimum Gasteiger partial charge on any atom is -0.481 e. The number of aliphatic carboxylic acids is 1. The SMILES string of the molecule is CCC(CCc1ccccc1)NC1CCc2ccccc2C(CC(=O)O)C1=O. The van der Waals surface area contributed by atoms with Gasteiger partial charge >= 0.3 is 5.97 Å². The predicted octanol–water partition coefficient (Wildman–Crippen LogP) is 4.13. The summed E-state index contributed by atoms with van der Waals surface area (Å²) in [4.78, 5) is 24.7. The summed E-state index contributed by atoms with van der Waals surface area (Å²) in [5, 5.41) is 12.9. The van der Waals surface area contributed by atoms with Crippen molar-refractivity contribution >= 4 is 11.8 Å². The van der Waals surface area contributed by atoms with Crippen LogP contribution in [-0.2, 0) is 22.4 Å². The number of benzene rings is 2. The van der Waals surface area contributed by atoms with Crippen molar-refractivity contribution in [1.29, 1.82) is 0 Å². The number of carboxylic acid groups (broad SMARTS) is 1. The third-order valence-electron chi connectivity index (χ3n) is 5.75. The van der Waals surface area contributed by atoms with Crippen LogP contribution in [0.15, 0.2) is 54.6 Å². The standard InChI is InChI=1S/C24H29NO3/c1-2-19(14-12-17-8-4-3-5-9-17)25-22-15-13-18-10-6-7-11-20(18)21(24(22)28)16-23(26)27/h3-11,19,21-22,25H,2,12-16H2,1H3,(H,26,27). The van der Waals surface area contributed by atoms with E-state index >= 15 is 0 Å². The van der Waals surface area contributed by atoms with E-state index in [0.29, 0.717) is 6.42 Å². The van der Waals surface area contributed by atoms with Crippen LogP contribution in [0, 0.1) is 0 Å². The molecule has 3 atom stereocenters. The van der Waals surface area contributed by atoms with Crippen molar-refractivity contribution in [3.05, 3.63) is 71.3 Å². The van der Waals surface area contributed by atoms with Crippen LogP contribution in [0.4, 0.5) is 0 Å². The molecule has 1 aliphatic carbocycles. The van der Waals surface area contributed by atoms with E-state index in [1.165, 1.54) is 5.56 Å². The molecule has 0 heterocycles. The summed E-state index contributed by atoms with van der Waals surface area (Å²) in [6, 6.07) is 18.1. The summed E-state index contributed by atoms with van der Waals surface area (Å²) in [6.07, 6.45) is 4.23. The highest BCUT2D eigenvalue weighted by atomic mass is 16.4. The first-order valence-corrected chi connectivity index (χ1v) is 10.2. The van der Waals surface area contributed by atoms with E-state index in [0.717, 1.165) is 36.8 Å². The van der Waals surface area contributed by atoms with Crippen molar-refractivity contribution in [2.45, 2.75) is 63.5 Å². The van der Waals surface area contributed by atoms with Gasteiger partial charge in [0.05, 0.1) is 18.4 Å². The number of hydrogen-bond donors (Lipinski definition) is 2. The molecule has 1 aliphatic rings. The molecule has 4 heteroatoms. The average Bonchev–Trinajstić information content (AvgIpc) is 2.83. The van der Waals surface area contributed by atoms with Gasteiger partial charge < -0.3 is 10.4 Å². The first-order valence-electron chi connectivity index (χ1n) is 10.2. The Balaban J connectivity index is 1.72. The first kappa shape index (κ1) is 20.3. The molecule has 0 amide bonds. The van der Waals surface area contributed by atoms with E-state index in [1.807, 2.05) is 42.5 Å². The molecular weight excluding hydrogens is 350 g/mol. The highest BCUT2D eigenvalue weighted by molar-refractivity contribution is 5.94. The molecule has 0 aliphatic heterocycles. The molecular formula is C24H29NO3. The van der Waals surface area contributed by atoms with Gasteiger partial charge in [0.15, 0.2) is 5.78 Å². The first-order chi connectivity index (χ1) is 13.6. The highest BCUT2D eigenvalue weighted by Gasteiger charge is 2.34. The van der Waals surface area contributed by atoms with Gasteiger partial charge in [0, 0.05) is 6.04 Å². The van der Waals surface area contributed by atoms with E-state index in [4.69, 9.17) is 0 Å². The van der Waals surface area contributed by atoms with Crippen LogP contribution < -0.4 is 5.32 Å². The second kappa shape index (κ2) is 9.65. The van der Waals surface area contributed by atoms with E-state index in [-0.39, 0.29) is 24.3 Å². The van der Waals surface area contributed by atoms with Crippen LogP contribution in [0.1, 0.15) is 55.2 Å². The number of rotatable bonds is 8. The molecule has 0 aromatic heterocycles. The lowest BCUT2D eigenvalue weighted by Crippen LogP contribution is -2.45. The molecule has 2 N–H and O–H groups in total. The Morgan fingerprint density at radius 2 is 1.86 bits per heavy atom. The summed E-state index contributed by atoms with van der Waals surface area (Å²) in [5.74, 6) is -1.48. The van der Waals surface area contributed by atoms with Crippen LogP contribution >= 0.6 is 0 Å². The summed E-state index contributed by atoms with van der Waals surface area (Å²) in [6.45, 7) is 2.13. The second-order valence-corrected chi connectivity index (χ2v) is 7.64. The molecule has 0 saturated carbocycles. The fraction of sp³-hybridized carbons (Fsp3) is 0.417. The van der Waals surface area contributed by atoms with Crippen molar-refractivity contribution < 1.29 is 14.7 Å². The van der Waals surface area contributed by atoms with Crippen molar-refractivity contribution in [3.63, 3.8) is 0 Å². The number of ketones is 1. The van der Waals surface area contributed by atoms with Gasteiger partial charge in [-0.1, -0.05) is 61.5 Å². The van der Waals surface area contributed by atoms with E-state index < -0.39 is 11.9 Å². The van der Waals surface area contributed by atoms with Gasteiger partial charge in [-0.3, -0.25) is 9.59 Å². The molecule has 148 valence electrons. The third kappa shape index (κ3) is 5.08. The smallest absolute Gasteiger partial charge is 0.304 e. The summed E-state index contributed by atoms with van der Waals surface area (Å²) >= 11 is 0. The lowest BCUT2D eigenvalue weighted by atomic mass is 9.87. The fourth-order valence-corrected chi connectivity index (χ4v) is 4.17. The number of carbonyl (C=O) groups excluding carboxylic acids is 1. The zero-order chi connectivity index (χ0) is 19.9. The number of carboxylic acids is 1. The van der Waals surface area contributed by atoms with Crippen molar-refractivity contribution in [2.75, 3.05) is 0 Å².